The summed E-state index contributed by atoms with van der Waals surface area (Å²) in [5, 5.41) is 0. The van der Waals surface area contributed by atoms with Crippen LogP contribution in [0.2, 0.25) is 0 Å². The molecule has 80 valence electrons. The zero-order valence-corrected chi connectivity index (χ0v) is 8.96. The SMILES string of the molecule is CC1=CCN(C(=O)CCCCN)CC1. The van der Waals surface area contributed by atoms with Gasteiger partial charge in [0.15, 0.2) is 0 Å². The molecule has 0 aromatic rings. The van der Waals surface area contributed by atoms with Crippen molar-refractivity contribution in [1.29, 1.82) is 0 Å². The van der Waals surface area contributed by atoms with Crippen molar-refractivity contribution < 1.29 is 4.79 Å². The summed E-state index contributed by atoms with van der Waals surface area (Å²) >= 11 is 0. The van der Waals surface area contributed by atoms with Crippen LogP contribution in [0.5, 0.6) is 0 Å². The van der Waals surface area contributed by atoms with Crippen LogP contribution >= 0.6 is 0 Å². The maximum absolute atomic E-state index is 11.6. The molecule has 2 N–H and O–H groups in total. The van der Waals surface area contributed by atoms with Crippen molar-refractivity contribution in [3.63, 3.8) is 0 Å². The molecule has 0 saturated carbocycles. The van der Waals surface area contributed by atoms with Crippen molar-refractivity contribution in [2.45, 2.75) is 32.6 Å². The highest BCUT2D eigenvalue weighted by molar-refractivity contribution is 5.76. The van der Waals surface area contributed by atoms with Gasteiger partial charge in [-0.05, 0) is 32.7 Å². The molecule has 0 aromatic heterocycles. The van der Waals surface area contributed by atoms with E-state index in [1.165, 1.54) is 5.57 Å². The first-order valence-electron chi connectivity index (χ1n) is 5.37. The monoisotopic (exact) mass is 196 g/mol. The molecule has 1 rings (SSSR count). The standard InChI is InChI=1S/C11H20N2O/c1-10-5-8-13(9-6-10)11(14)4-2-3-7-12/h5H,2-4,6-9,12H2,1H3. The largest absolute Gasteiger partial charge is 0.339 e. The van der Waals surface area contributed by atoms with Gasteiger partial charge in [0.2, 0.25) is 5.91 Å². The van der Waals surface area contributed by atoms with Gasteiger partial charge in [0.05, 0.1) is 0 Å². The van der Waals surface area contributed by atoms with E-state index in [1.807, 2.05) is 4.90 Å². The zero-order valence-electron chi connectivity index (χ0n) is 8.96. The van der Waals surface area contributed by atoms with E-state index in [1.54, 1.807) is 0 Å². The Balaban J connectivity index is 2.25. The van der Waals surface area contributed by atoms with Crippen LogP contribution < -0.4 is 5.73 Å². The molecule has 1 aliphatic heterocycles. The second-order valence-electron chi connectivity index (χ2n) is 3.89. The van der Waals surface area contributed by atoms with Crippen molar-refractivity contribution in [2.24, 2.45) is 5.73 Å². The number of hydrogen-bond donors (Lipinski definition) is 1. The highest BCUT2D eigenvalue weighted by Gasteiger charge is 2.14. The van der Waals surface area contributed by atoms with E-state index in [-0.39, 0.29) is 5.91 Å². The van der Waals surface area contributed by atoms with Crippen LogP contribution in [0.3, 0.4) is 0 Å². The minimum absolute atomic E-state index is 0.280. The normalized spacial score (nSPS) is 16.7. The Morgan fingerprint density at radius 3 is 2.93 bits per heavy atom. The van der Waals surface area contributed by atoms with Crippen LogP contribution in [0.15, 0.2) is 11.6 Å². The number of nitrogens with two attached hydrogens (primary N) is 1. The minimum atomic E-state index is 0.280. The Morgan fingerprint density at radius 1 is 1.57 bits per heavy atom. The molecule has 1 aliphatic rings. The maximum Gasteiger partial charge on any atom is 0.222 e. The molecule has 0 fully saturated rings. The number of carbonyl (C=O) groups excluding carboxylic acids is 1. The maximum atomic E-state index is 11.6. The number of rotatable bonds is 4. The molecule has 3 heteroatoms. The van der Waals surface area contributed by atoms with Gasteiger partial charge in [-0.1, -0.05) is 11.6 Å². The molecule has 14 heavy (non-hydrogen) atoms. The Hall–Kier alpha value is -0.830. The van der Waals surface area contributed by atoms with Crippen molar-refractivity contribution in [3.05, 3.63) is 11.6 Å². The van der Waals surface area contributed by atoms with Crippen LogP contribution in [0.4, 0.5) is 0 Å². The van der Waals surface area contributed by atoms with Crippen LogP contribution in [0.1, 0.15) is 32.6 Å². The highest BCUT2D eigenvalue weighted by Crippen LogP contribution is 2.11. The number of carbonyl (C=O) groups is 1. The Kier molecular flexibility index (Phi) is 4.66. The van der Waals surface area contributed by atoms with Gasteiger partial charge in [-0.3, -0.25) is 4.79 Å². The Bertz CT molecular complexity index is 223. The third-order valence-electron chi connectivity index (χ3n) is 2.63. The number of nitrogens with zero attached hydrogens (tertiary/aromatic N) is 1. The average molecular weight is 196 g/mol. The van der Waals surface area contributed by atoms with E-state index in [0.717, 1.165) is 32.4 Å². The molecule has 3 nitrogen and oxygen atoms in total. The van der Waals surface area contributed by atoms with Gasteiger partial charge in [0.25, 0.3) is 0 Å². The van der Waals surface area contributed by atoms with Crippen molar-refractivity contribution in [2.75, 3.05) is 19.6 Å². The average Bonchev–Trinajstić information content (AvgIpc) is 2.19. The molecule has 0 spiro atoms. The molecule has 0 aromatic carbocycles. The fraction of sp³-hybridized carbons (Fsp3) is 0.727. The third-order valence-corrected chi connectivity index (χ3v) is 2.63. The summed E-state index contributed by atoms with van der Waals surface area (Å²) in [4.78, 5) is 13.6. The first-order chi connectivity index (χ1) is 6.74. The molecule has 0 aliphatic carbocycles. The van der Waals surface area contributed by atoms with Crippen molar-refractivity contribution in [3.8, 4) is 0 Å². The fourth-order valence-electron chi connectivity index (χ4n) is 1.58. The van der Waals surface area contributed by atoms with E-state index in [0.29, 0.717) is 13.0 Å². The molecular weight excluding hydrogens is 176 g/mol. The Morgan fingerprint density at radius 2 is 2.36 bits per heavy atom. The van der Waals surface area contributed by atoms with Crippen LogP contribution in [0, 0.1) is 0 Å². The van der Waals surface area contributed by atoms with Gasteiger partial charge in [0.1, 0.15) is 0 Å². The van der Waals surface area contributed by atoms with Gasteiger partial charge in [-0.2, -0.15) is 0 Å². The molecule has 0 radical (unpaired) electrons. The lowest BCUT2D eigenvalue weighted by atomic mass is 10.1. The minimum Gasteiger partial charge on any atom is -0.339 e. The first-order valence-corrected chi connectivity index (χ1v) is 5.37. The molecule has 1 amide bonds. The van der Waals surface area contributed by atoms with Gasteiger partial charge in [0, 0.05) is 19.5 Å². The van der Waals surface area contributed by atoms with E-state index < -0.39 is 0 Å². The van der Waals surface area contributed by atoms with E-state index in [9.17, 15) is 4.79 Å². The fourth-order valence-corrected chi connectivity index (χ4v) is 1.58. The van der Waals surface area contributed by atoms with E-state index in [4.69, 9.17) is 5.73 Å². The smallest absolute Gasteiger partial charge is 0.222 e. The predicted molar refractivity (Wildman–Crippen MR) is 57.9 cm³/mol. The van der Waals surface area contributed by atoms with E-state index >= 15 is 0 Å². The summed E-state index contributed by atoms with van der Waals surface area (Å²) in [7, 11) is 0. The van der Waals surface area contributed by atoms with Crippen LogP contribution in [-0.4, -0.2) is 30.4 Å². The molecule has 1 heterocycles. The topological polar surface area (TPSA) is 46.3 Å². The lowest BCUT2D eigenvalue weighted by Crippen LogP contribution is -2.34. The number of hydrogen-bond acceptors (Lipinski definition) is 2. The second-order valence-corrected chi connectivity index (χ2v) is 3.89. The predicted octanol–water partition coefficient (Wildman–Crippen LogP) is 1.29. The summed E-state index contributed by atoms with van der Waals surface area (Å²) in [6.45, 7) is 4.50. The summed E-state index contributed by atoms with van der Waals surface area (Å²) < 4.78 is 0. The molecule has 0 unspecified atom stereocenters. The lowest BCUT2D eigenvalue weighted by molar-refractivity contribution is -0.131. The molecule has 0 saturated heterocycles. The third kappa shape index (κ3) is 3.50. The van der Waals surface area contributed by atoms with Gasteiger partial charge < -0.3 is 10.6 Å². The van der Waals surface area contributed by atoms with Crippen molar-refractivity contribution >= 4 is 5.91 Å². The quantitative estimate of drug-likeness (QED) is 0.544. The number of amides is 1. The van der Waals surface area contributed by atoms with Gasteiger partial charge in [-0.15, -0.1) is 0 Å². The van der Waals surface area contributed by atoms with Crippen LogP contribution in [0.25, 0.3) is 0 Å². The summed E-state index contributed by atoms with van der Waals surface area (Å²) in [6.07, 6.45) is 5.71. The molecule has 0 bridgehead atoms. The summed E-state index contributed by atoms with van der Waals surface area (Å²) in [5.74, 6) is 0.280. The van der Waals surface area contributed by atoms with E-state index in [2.05, 4.69) is 13.0 Å². The lowest BCUT2D eigenvalue weighted by Gasteiger charge is -2.25. The second kappa shape index (κ2) is 5.81. The van der Waals surface area contributed by atoms with Gasteiger partial charge in [-0.25, -0.2) is 0 Å². The Labute approximate surface area is 86.0 Å². The number of unbranched alkanes of at least 4 members (excludes halogenated alkanes) is 1. The van der Waals surface area contributed by atoms with Gasteiger partial charge >= 0.3 is 0 Å². The molecule has 0 atom stereocenters. The first kappa shape index (κ1) is 11.2. The zero-order chi connectivity index (χ0) is 10.4. The van der Waals surface area contributed by atoms with Crippen molar-refractivity contribution in [1.82, 2.24) is 4.90 Å². The van der Waals surface area contributed by atoms with Crippen LogP contribution in [-0.2, 0) is 4.79 Å². The molecular formula is C11H20N2O. The summed E-state index contributed by atoms with van der Waals surface area (Å²) in [6, 6.07) is 0. The highest BCUT2D eigenvalue weighted by atomic mass is 16.2. The summed E-state index contributed by atoms with van der Waals surface area (Å²) in [5.41, 5.74) is 6.78.